The van der Waals surface area contributed by atoms with Crippen LogP contribution in [-0.4, -0.2) is 40.0 Å². The Morgan fingerprint density at radius 1 is 1.25 bits per heavy atom. The second-order valence-electron chi connectivity index (χ2n) is 7.98. The van der Waals surface area contributed by atoms with Gasteiger partial charge in [0.15, 0.2) is 0 Å². The smallest absolute Gasteiger partial charge is 0.227 e. The molecule has 0 saturated heterocycles. The molecule has 4 rings (SSSR count). The summed E-state index contributed by atoms with van der Waals surface area (Å²) in [6, 6.07) is 13.0. The van der Waals surface area contributed by atoms with Gasteiger partial charge in [0.05, 0.1) is 36.2 Å². The van der Waals surface area contributed by atoms with Crippen LogP contribution >= 0.6 is 11.6 Å². The minimum atomic E-state index is -0.370. The quantitative estimate of drug-likeness (QED) is 0.499. The van der Waals surface area contributed by atoms with Crippen molar-refractivity contribution >= 4 is 23.2 Å². The molecule has 0 spiro atoms. The van der Waals surface area contributed by atoms with E-state index in [2.05, 4.69) is 21.4 Å². The predicted molar refractivity (Wildman–Crippen MR) is 122 cm³/mol. The molecule has 3 N–H and O–H groups in total. The van der Waals surface area contributed by atoms with Crippen molar-refractivity contribution in [1.29, 1.82) is 5.26 Å². The molecule has 8 heteroatoms. The summed E-state index contributed by atoms with van der Waals surface area (Å²) < 4.78 is 5.56. The van der Waals surface area contributed by atoms with Crippen molar-refractivity contribution in [2.24, 2.45) is 0 Å². The maximum Gasteiger partial charge on any atom is 0.227 e. The van der Waals surface area contributed by atoms with Crippen molar-refractivity contribution in [3.63, 3.8) is 0 Å². The molecule has 32 heavy (non-hydrogen) atoms. The molecule has 3 aromatic rings. The van der Waals surface area contributed by atoms with Crippen LogP contribution < -0.4 is 10.1 Å². The van der Waals surface area contributed by atoms with Gasteiger partial charge in [-0.2, -0.15) is 5.26 Å². The number of hydrogen-bond donors (Lipinski definition) is 3. The summed E-state index contributed by atoms with van der Waals surface area (Å²) in [7, 11) is 0. The summed E-state index contributed by atoms with van der Waals surface area (Å²) in [6.45, 7) is 2.08. The fraction of sp³-hybridized carbons (Fsp3) is 0.292. The van der Waals surface area contributed by atoms with Gasteiger partial charge < -0.3 is 20.3 Å². The van der Waals surface area contributed by atoms with E-state index < -0.39 is 0 Å². The molecule has 164 valence electrons. The molecule has 1 aliphatic rings. The van der Waals surface area contributed by atoms with Gasteiger partial charge in [-0.25, -0.2) is 9.97 Å². The average molecular weight is 451 g/mol. The fourth-order valence-corrected chi connectivity index (χ4v) is 4.18. The normalized spacial score (nSPS) is 17.0. The van der Waals surface area contributed by atoms with Crippen LogP contribution in [0.5, 0.6) is 5.75 Å². The molecule has 1 aliphatic carbocycles. The number of nitriles is 1. The third-order valence-electron chi connectivity index (χ3n) is 5.78. The third kappa shape index (κ3) is 4.26. The molecule has 7 nitrogen and oxygen atoms in total. The first-order chi connectivity index (χ1) is 15.5. The van der Waals surface area contributed by atoms with Crippen LogP contribution in [0, 0.1) is 11.3 Å². The van der Waals surface area contributed by atoms with Gasteiger partial charge in [-0.1, -0.05) is 18.5 Å². The summed E-state index contributed by atoms with van der Waals surface area (Å²) in [4.78, 5) is 8.92. The van der Waals surface area contributed by atoms with Crippen molar-refractivity contribution in [2.75, 3.05) is 25.1 Å². The number of rotatable bonds is 7. The lowest BCUT2D eigenvalue weighted by Crippen LogP contribution is -2.23. The van der Waals surface area contributed by atoms with Gasteiger partial charge in [-0.15, -0.1) is 0 Å². The zero-order valence-corrected chi connectivity index (χ0v) is 18.4. The van der Waals surface area contributed by atoms with Crippen molar-refractivity contribution in [3.05, 3.63) is 64.3 Å². The van der Waals surface area contributed by atoms with E-state index in [0.29, 0.717) is 33.7 Å². The molecular weight excluding hydrogens is 428 g/mol. The number of nitrogens with zero attached hydrogens (tertiary/aromatic N) is 3. The van der Waals surface area contributed by atoms with Crippen LogP contribution in [-0.2, 0) is 11.8 Å². The van der Waals surface area contributed by atoms with Gasteiger partial charge in [0.25, 0.3) is 0 Å². The molecule has 0 aliphatic heterocycles. The number of ether oxygens (including phenoxy) is 1. The zero-order valence-electron chi connectivity index (χ0n) is 17.6. The molecule has 0 amide bonds. The number of hydrogen-bond acceptors (Lipinski definition) is 7. The number of aromatic nitrogens is 2. The van der Waals surface area contributed by atoms with Crippen LogP contribution in [0.2, 0.25) is 5.02 Å². The summed E-state index contributed by atoms with van der Waals surface area (Å²) in [5, 5.41) is 32.3. The molecule has 1 aromatic heterocycles. The van der Waals surface area contributed by atoms with Gasteiger partial charge in [0, 0.05) is 22.2 Å². The Balaban J connectivity index is 1.70. The van der Waals surface area contributed by atoms with E-state index in [0.717, 1.165) is 29.5 Å². The molecule has 0 fully saturated rings. The lowest BCUT2D eigenvalue weighted by atomic mass is 9.83. The van der Waals surface area contributed by atoms with Crippen molar-refractivity contribution in [2.45, 2.75) is 25.2 Å². The highest BCUT2D eigenvalue weighted by Gasteiger charge is 2.35. The topological polar surface area (TPSA) is 111 Å². The van der Waals surface area contributed by atoms with Gasteiger partial charge in [0.2, 0.25) is 5.95 Å². The predicted octanol–water partition coefficient (Wildman–Crippen LogP) is 3.98. The van der Waals surface area contributed by atoms with Crippen LogP contribution in [0.1, 0.15) is 30.0 Å². The number of anilines is 2. The molecule has 0 radical (unpaired) electrons. The van der Waals surface area contributed by atoms with Crippen molar-refractivity contribution in [3.8, 4) is 23.1 Å². The molecule has 2 aromatic carbocycles. The van der Waals surface area contributed by atoms with Crippen LogP contribution in [0.3, 0.4) is 0 Å². The summed E-state index contributed by atoms with van der Waals surface area (Å²) in [6.07, 6.45) is 3.21. The van der Waals surface area contributed by atoms with E-state index >= 15 is 0 Å². The highest BCUT2D eigenvalue weighted by atomic mass is 35.5. The van der Waals surface area contributed by atoms with Gasteiger partial charge in [0.1, 0.15) is 12.4 Å². The maximum atomic E-state index is 9.96. The first kappa shape index (κ1) is 22.0. The monoisotopic (exact) mass is 450 g/mol. The molecule has 1 atom stereocenters. The first-order valence-electron chi connectivity index (χ1n) is 10.3. The Morgan fingerprint density at radius 3 is 2.84 bits per heavy atom. The van der Waals surface area contributed by atoms with Crippen LogP contribution in [0.25, 0.3) is 11.3 Å². The lowest BCUT2D eigenvalue weighted by Gasteiger charge is -2.23. The highest BCUT2D eigenvalue weighted by Crippen LogP contribution is 2.42. The molecule has 0 bridgehead atoms. The Hall–Kier alpha value is -3.18. The number of aliphatic hydroxyl groups is 2. The molecule has 0 saturated carbocycles. The van der Waals surface area contributed by atoms with Crippen LogP contribution in [0.15, 0.2) is 42.6 Å². The van der Waals surface area contributed by atoms with E-state index in [1.54, 1.807) is 30.5 Å². The van der Waals surface area contributed by atoms with Crippen molar-refractivity contribution in [1.82, 2.24) is 9.97 Å². The summed E-state index contributed by atoms with van der Waals surface area (Å²) >= 11 is 6.14. The highest BCUT2D eigenvalue weighted by molar-refractivity contribution is 6.31. The first-order valence-corrected chi connectivity index (χ1v) is 10.7. The molecule has 1 unspecified atom stereocenters. The van der Waals surface area contributed by atoms with E-state index in [1.165, 1.54) is 0 Å². The Labute approximate surface area is 191 Å². The Morgan fingerprint density at radius 2 is 2.09 bits per heavy atom. The second kappa shape index (κ2) is 9.13. The van der Waals surface area contributed by atoms with Crippen LogP contribution in [0.4, 0.5) is 11.6 Å². The van der Waals surface area contributed by atoms with Gasteiger partial charge in [-0.3, -0.25) is 0 Å². The SMILES string of the molecule is CC1(CO)CCc2c(C#N)cc(-c3ccnc(Nc4cc(Cl)ccc4OCCO)n3)cc21. The fourth-order valence-electron chi connectivity index (χ4n) is 4.01. The number of halogens is 1. The Bertz CT molecular complexity index is 1190. The number of aliphatic hydroxyl groups excluding tert-OH is 2. The largest absolute Gasteiger partial charge is 0.489 e. The van der Waals surface area contributed by atoms with E-state index in [1.807, 2.05) is 19.1 Å². The average Bonchev–Trinajstić information content (AvgIpc) is 3.15. The summed E-state index contributed by atoms with van der Waals surface area (Å²) in [5.74, 6) is 0.850. The second-order valence-corrected chi connectivity index (χ2v) is 8.42. The minimum absolute atomic E-state index is 0.0241. The number of nitrogens with one attached hydrogen (secondary N) is 1. The molecule has 1 heterocycles. The van der Waals surface area contributed by atoms with E-state index in [9.17, 15) is 10.4 Å². The zero-order chi connectivity index (χ0) is 22.7. The van der Waals surface area contributed by atoms with Crippen molar-refractivity contribution < 1.29 is 14.9 Å². The molecular formula is C24H23ClN4O3. The minimum Gasteiger partial charge on any atom is -0.489 e. The standard InChI is InChI=1S/C24H23ClN4O3/c1-24(14-31)6-4-18-16(13-26)10-15(11-19(18)24)20-5-7-27-23(28-20)29-21-12-17(25)2-3-22(21)32-9-8-30/h2-3,5,7,10-12,30-31H,4,6,8-9,14H2,1H3,(H,27,28,29). The van der Waals surface area contributed by atoms with E-state index in [4.69, 9.17) is 21.4 Å². The van der Waals surface area contributed by atoms with Gasteiger partial charge in [-0.05, 0) is 60.4 Å². The lowest BCUT2D eigenvalue weighted by molar-refractivity contribution is 0.202. The maximum absolute atomic E-state index is 9.96. The third-order valence-corrected chi connectivity index (χ3v) is 6.02. The number of fused-ring (bicyclic) bond motifs is 1. The summed E-state index contributed by atoms with van der Waals surface area (Å²) in [5.41, 5.74) is 4.25. The van der Waals surface area contributed by atoms with E-state index in [-0.39, 0.29) is 25.2 Å². The van der Waals surface area contributed by atoms with Gasteiger partial charge >= 0.3 is 0 Å². The number of benzene rings is 2. The Kier molecular flexibility index (Phi) is 6.28.